The van der Waals surface area contributed by atoms with Crippen LogP contribution in [0.3, 0.4) is 0 Å². The van der Waals surface area contributed by atoms with Crippen LogP contribution in [-0.2, 0) is 6.54 Å². The van der Waals surface area contributed by atoms with Gasteiger partial charge in [-0.3, -0.25) is 0 Å². The summed E-state index contributed by atoms with van der Waals surface area (Å²) in [6, 6.07) is 8.30. The highest BCUT2D eigenvalue weighted by molar-refractivity contribution is 7.99. The zero-order chi connectivity index (χ0) is 12.3. The number of nitrogens with zero attached hydrogens (tertiary/aromatic N) is 2. The van der Waals surface area contributed by atoms with Crippen LogP contribution < -0.4 is 5.73 Å². The summed E-state index contributed by atoms with van der Waals surface area (Å²) in [5, 5.41) is 8.94. The first-order chi connectivity index (χ1) is 8.20. The first-order valence-electron chi connectivity index (χ1n) is 5.46. The predicted molar refractivity (Wildman–Crippen MR) is 70.0 cm³/mol. The van der Waals surface area contributed by atoms with E-state index in [9.17, 15) is 0 Å². The molecule has 2 aromatic rings. The maximum Gasteiger partial charge on any atom is 0.128 e. The molecule has 17 heavy (non-hydrogen) atoms. The molecule has 2 rings (SSSR count). The Bertz CT molecular complexity index is 526. The molecule has 2 N–H and O–H groups in total. The van der Waals surface area contributed by atoms with Crippen LogP contribution in [0.25, 0.3) is 0 Å². The number of aryl methyl sites for hydroxylation is 2. The van der Waals surface area contributed by atoms with Gasteiger partial charge in [0.2, 0.25) is 0 Å². The maximum atomic E-state index is 5.69. The predicted octanol–water partition coefficient (Wildman–Crippen LogP) is 2.70. The van der Waals surface area contributed by atoms with Crippen molar-refractivity contribution in [3.63, 3.8) is 0 Å². The Morgan fingerprint density at radius 1 is 1.24 bits per heavy atom. The number of rotatable bonds is 3. The molecule has 1 aromatic carbocycles. The average molecular weight is 245 g/mol. The van der Waals surface area contributed by atoms with Gasteiger partial charge >= 0.3 is 0 Å². The Labute approximate surface area is 105 Å². The average Bonchev–Trinajstić information content (AvgIpc) is 2.33. The van der Waals surface area contributed by atoms with Gasteiger partial charge in [0.05, 0.1) is 0 Å². The summed E-state index contributed by atoms with van der Waals surface area (Å²) >= 11 is 1.62. The van der Waals surface area contributed by atoms with Gasteiger partial charge in [-0.05, 0) is 31.5 Å². The molecule has 0 aliphatic rings. The lowest BCUT2D eigenvalue weighted by molar-refractivity contribution is 0.866. The zero-order valence-corrected chi connectivity index (χ0v) is 10.8. The van der Waals surface area contributed by atoms with Crippen LogP contribution in [0.1, 0.15) is 16.7 Å². The third-order valence-corrected chi connectivity index (χ3v) is 3.74. The van der Waals surface area contributed by atoms with Gasteiger partial charge in [0, 0.05) is 23.2 Å². The quantitative estimate of drug-likeness (QED) is 0.903. The number of nitrogens with two attached hydrogens (primary N) is 1. The minimum atomic E-state index is 0.489. The van der Waals surface area contributed by atoms with E-state index < -0.39 is 0 Å². The van der Waals surface area contributed by atoms with Crippen molar-refractivity contribution in [1.82, 2.24) is 10.2 Å². The second-order valence-electron chi connectivity index (χ2n) is 3.94. The zero-order valence-electron chi connectivity index (χ0n) is 9.97. The summed E-state index contributed by atoms with van der Waals surface area (Å²) in [6.45, 7) is 4.69. The highest BCUT2D eigenvalue weighted by Crippen LogP contribution is 2.30. The van der Waals surface area contributed by atoms with Crippen molar-refractivity contribution in [3.8, 4) is 0 Å². The Hall–Kier alpha value is -1.39. The van der Waals surface area contributed by atoms with Gasteiger partial charge in [-0.15, -0.1) is 5.10 Å². The van der Waals surface area contributed by atoms with Gasteiger partial charge in [0.1, 0.15) is 5.03 Å². The minimum Gasteiger partial charge on any atom is -0.326 e. The molecule has 1 aromatic heterocycles. The first-order valence-corrected chi connectivity index (χ1v) is 6.28. The summed E-state index contributed by atoms with van der Waals surface area (Å²) in [4.78, 5) is 1.20. The smallest absolute Gasteiger partial charge is 0.128 e. The number of aromatic nitrogens is 2. The van der Waals surface area contributed by atoms with E-state index in [-0.39, 0.29) is 0 Å². The number of hydrogen-bond donors (Lipinski definition) is 1. The molecule has 0 saturated carbocycles. The van der Waals surface area contributed by atoms with E-state index >= 15 is 0 Å². The van der Waals surface area contributed by atoms with Gasteiger partial charge in [-0.1, -0.05) is 29.5 Å². The summed E-state index contributed by atoms with van der Waals surface area (Å²) < 4.78 is 0. The molecule has 0 bridgehead atoms. The molecule has 0 saturated heterocycles. The third-order valence-electron chi connectivity index (χ3n) is 2.52. The van der Waals surface area contributed by atoms with Gasteiger partial charge in [-0.2, -0.15) is 5.10 Å². The SMILES string of the molecule is Cc1ccc(Sc2nnccc2CN)c(C)c1. The molecule has 0 radical (unpaired) electrons. The molecule has 0 aliphatic heterocycles. The van der Waals surface area contributed by atoms with Gasteiger partial charge in [0.15, 0.2) is 0 Å². The topological polar surface area (TPSA) is 51.8 Å². The lowest BCUT2D eigenvalue weighted by atomic mass is 10.2. The van der Waals surface area contributed by atoms with E-state index in [0.29, 0.717) is 6.54 Å². The van der Waals surface area contributed by atoms with Crippen molar-refractivity contribution in [3.05, 3.63) is 47.2 Å². The van der Waals surface area contributed by atoms with Crippen molar-refractivity contribution in [1.29, 1.82) is 0 Å². The Morgan fingerprint density at radius 3 is 2.76 bits per heavy atom. The molecular formula is C13H15N3S. The van der Waals surface area contributed by atoms with E-state index in [1.165, 1.54) is 16.0 Å². The van der Waals surface area contributed by atoms with Crippen LogP contribution in [0.2, 0.25) is 0 Å². The number of benzene rings is 1. The van der Waals surface area contributed by atoms with Gasteiger partial charge in [0.25, 0.3) is 0 Å². The van der Waals surface area contributed by atoms with Crippen molar-refractivity contribution in [2.24, 2.45) is 5.73 Å². The van der Waals surface area contributed by atoms with Crippen LogP contribution in [0.15, 0.2) is 40.4 Å². The molecule has 3 nitrogen and oxygen atoms in total. The molecular weight excluding hydrogens is 230 g/mol. The fourth-order valence-corrected chi connectivity index (χ4v) is 2.54. The maximum absolute atomic E-state index is 5.69. The molecule has 0 atom stereocenters. The fraction of sp³-hybridized carbons (Fsp3) is 0.231. The van der Waals surface area contributed by atoms with Crippen molar-refractivity contribution in [2.45, 2.75) is 30.3 Å². The molecule has 1 heterocycles. The Kier molecular flexibility index (Phi) is 3.76. The van der Waals surface area contributed by atoms with Crippen LogP contribution in [0, 0.1) is 13.8 Å². The van der Waals surface area contributed by atoms with Crippen molar-refractivity contribution >= 4 is 11.8 Å². The molecule has 88 valence electrons. The lowest BCUT2D eigenvalue weighted by Crippen LogP contribution is -2.01. The lowest BCUT2D eigenvalue weighted by Gasteiger charge is -2.08. The van der Waals surface area contributed by atoms with E-state index in [1.807, 2.05) is 6.07 Å². The third kappa shape index (κ3) is 2.84. The normalized spacial score (nSPS) is 10.5. The van der Waals surface area contributed by atoms with E-state index in [1.54, 1.807) is 18.0 Å². The first kappa shape index (κ1) is 12.1. The van der Waals surface area contributed by atoms with E-state index in [2.05, 4.69) is 42.2 Å². The highest BCUT2D eigenvalue weighted by Gasteiger charge is 2.07. The van der Waals surface area contributed by atoms with Crippen LogP contribution in [0.5, 0.6) is 0 Å². The van der Waals surface area contributed by atoms with Crippen LogP contribution >= 0.6 is 11.8 Å². The summed E-state index contributed by atoms with van der Waals surface area (Å²) in [7, 11) is 0. The standard InChI is InChI=1S/C13H15N3S/c1-9-3-4-12(10(2)7-9)17-13-11(8-14)5-6-15-16-13/h3-7H,8,14H2,1-2H3. The molecule has 4 heteroatoms. The Balaban J connectivity index is 2.31. The second kappa shape index (κ2) is 5.29. The molecule has 0 fully saturated rings. The summed E-state index contributed by atoms with van der Waals surface area (Å²) in [5.41, 5.74) is 9.24. The Morgan fingerprint density at radius 2 is 2.06 bits per heavy atom. The number of hydrogen-bond acceptors (Lipinski definition) is 4. The van der Waals surface area contributed by atoms with Crippen molar-refractivity contribution in [2.75, 3.05) is 0 Å². The monoisotopic (exact) mass is 245 g/mol. The molecule has 0 unspecified atom stereocenters. The van der Waals surface area contributed by atoms with E-state index in [4.69, 9.17) is 5.73 Å². The van der Waals surface area contributed by atoms with Gasteiger partial charge in [-0.25, -0.2) is 0 Å². The molecule has 0 spiro atoms. The van der Waals surface area contributed by atoms with E-state index in [0.717, 1.165) is 10.6 Å². The molecule has 0 amide bonds. The minimum absolute atomic E-state index is 0.489. The van der Waals surface area contributed by atoms with Gasteiger partial charge < -0.3 is 5.73 Å². The van der Waals surface area contributed by atoms with Crippen molar-refractivity contribution < 1.29 is 0 Å². The van der Waals surface area contributed by atoms with Crippen LogP contribution in [0.4, 0.5) is 0 Å². The summed E-state index contributed by atoms with van der Waals surface area (Å²) in [5.74, 6) is 0. The summed E-state index contributed by atoms with van der Waals surface area (Å²) in [6.07, 6.45) is 1.67. The van der Waals surface area contributed by atoms with Crippen LogP contribution in [-0.4, -0.2) is 10.2 Å². The largest absolute Gasteiger partial charge is 0.326 e. The second-order valence-corrected chi connectivity index (χ2v) is 4.97. The molecule has 0 aliphatic carbocycles. The highest BCUT2D eigenvalue weighted by atomic mass is 32.2. The fourth-order valence-electron chi connectivity index (χ4n) is 1.60.